The summed E-state index contributed by atoms with van der Waals surface area (Å²) in [4.78, 5) is 15.4. The van der Waals surface area contributed by atoms with Gasteiger partial charge in [0, 0.05) is 17.8 Å². The maximum Gasteiger partial charge on any atom is 0.250 e. The number of nitrogens with one attached hydrogen (secondary N) is 1. The average molecular weight is 260 g/mol. The number of benzene rings is 1. The molecule has 100 valence electrons. The van der Waals surface area contributed by atoms with Gasteiger partial charge in [0.05, 0.1) is 18.3 Å². The number of oxazole rings is 1. The summed E-state index contributed by atoms with van der Waals surface area (Å²) in [5, 5.41) is 3.05. The van der Waals surface area contributed by atoms with E-state index in [0.29, 0.717) is 29.4 Å². The fraction of sp³-hybridized carbons (Fsp3) is 0.231. The van der Waals surface area contributed by atoms with E-state index in [-0.39, 0.29) is 0 Å². The van der Waals surface area contributed by atoms with Crippen LogP contribution in [0.1, 0.15) is 28.9 Å². The number of aromatic nitrogens is 1. The van der Waals surface area contributed by atoms with Crippen LogP contribution in [-0.2, 0) is 13.0 Å². The van der Waals surface area contributed by atoms with Crippen molar-refractivity contribution >= 4 is 17.3 Å². The largest absolute Gasteiger partial charge is 0.444 e. The van der Waals surface area contributed by atoms with Crippen molar-refractivity contribution in [1.82, 2.24) is 4.98 Å². The third-order valence-electron chi connectivity index (χ3n) is 2.69. The van der Waals surface area contributed by atoms with E-state index in [2.05, 4.69) is 10.3 Å². The van der Waals surface area contributed by atoms with Gasteiger partial charge in [-0.15, -0.1) is 0 Å². The Morgan fingerprint density at radius 3 is 2.89 bits per heavy atom. The summed E-state index contributed by atoms with van der Waals surface area (Å²) in [7, 11) is 0. The van der Waals surface area contributed by atoms with Gasteiger partial charge in [-0.05, 0) is 18.2 Å². The molecule has 0 saturated carbocycles. The van der Waals surface area contributed by atoms with Gasteiger partial charge in [-0.3, -0.25) is 4.79 Å². The maximum atomic E-state index is 11.3. The van der Waals surface area contributed by atoms with Crippen molar-refractivity contribution in [3.63, 3.8) is 0 Å². The van der Waals surface area contributed by atoms with Gasteiger partial charge in [0.1, 0.15) is 5.76 Å². The van der Waals surface area contributed by atoms with E-state index in [1.807, 2.05) is 6.92 Å². The molecule has 1 heterocycles. The van der Waals surface area contributed by atoms with Crippen LogP contribution in [0.5, 0.6) is 0 Å². The molecule has 0 spiro atoms. The highest BCUT2D eigenvalue weighted by molar-refractivity contribution is 5.99. The molecule has 0 aliphatic rings. The van der Waals surface area contributed by atoms with Crippen molar-refractivity contribution in [3.05, 3.63) is 41.6 Å². The number of amides is 1. The minimum absolute atomic E-state index is 0.365. The number of aryl methyl sites for hydroxylation is 1. The number of carbonyl (C=O) groups excluding carboxylic acids is 1. The summed E-state index contributed by atoms with van der Waals surface area (Å²) in [6.07, 6.45) is 2.48. The van der Waals surface area contributed by atoms with Gasteiger partial charge in [-0.1, -0.05) is 6.92 Å². The third-order valence-corrected chi connectivity index (χ3v) is 2.69. The Morgan fingerprint density at radius 1 is 1.47 bits per heavy atom. The van der Waals surface area contributed by atoms with E-state index >= 15 is 0 Å². The van der Waals surface area contributed by atoms with Crippen molar-refractivity contribution in [2.75, 3.05) is 11.1 Å². The smallest absolute Gasteiger partial charge is 0.250 e. The number of anilines is 2. The second kappa shape index (κ2) is 5.43. The van der Waals surface area contributed by atoms with E-state index in [9.17, 15) is 4.79 Å². The Bertz CT molecular complexity index is 592. The SMILES string of the molecule is CCc1cnc(CNc2cc(N)ccc2C(N)=O)o1. The summed E-state index contributed by atoms with van der Waals surface area (Å²) >= 11 is 0. The quantitative estimate of drug-likeness (QED) is 0.707. The van der Waals surface area contributed by atoms with Gasteiger partial charge in [0.25, 0.3) is 5.91 Å². The topological polar surface area (TPSA) is 107 Å². The standard InChI is InChI=1S/C13H16N4O2/c1-2-9-6-17-12(19-9)7-16-11-5-8(14)3-4-10(11)13(15)18/h3-6,16H,2,7,14H2,1H3,(H2,15,18). The van der Waals surface area contributed by atoms with Crippen molar-refractivity contribution in [3.8, 4) is 0 Å². The van der Waals surface area contributed by atoms with Gasteiger partial charge in [-0.2, -0.15) is 0 Å². The molecule has 1 aromatic carbocycles. The third kappa shape index (κ3) is 3.04. The van der Waals surface area contributed by atoms with Crippen molar-refractivity contribution in [2.24, 2.45) is 5.73 Å². The molecule has 1 amide bonds. The molecule has 0 aliphatic carbocycles. The fourth-order valence-electron chi connectivity index (χ4n) is 1.69. The molecule has 6 nitrogen and oxygen atoms in total. The number of nitrogens with zero attached hydrogens (tertiary/aromatic N) is 1. The van der Waals surface area contributed by atoms with Crippen LogP contribution in [-0.4, -0.2) is 10.9 Å². The van der Waals surface area contributed by atoms with Crippen molar-refractivity contribution < 1.29 is 9.21 Å². The Kier molecular flexibility index (Phi) is 3.70. The molecule has 6 heteroatoms. The number of hydrogen-bond donors (Lipinski definition) is 3. The van der Waals surface area contributed by atoms with Crippen LogP contribution >= 0.6 is 0 Å². The first-order valence-corrected chi connectivity index (χ1v) is 5.97. The molecule has 0 bridgehead atoms. The van der Waals surface area contributed by atoms with E-state index in [1.165, 1.54) is 0 Å². The van der Waals surface area contributed by atoms with E-state index < -0.39 is 5.91 Å². The van der Waals surface area contributed by atoms with Gasteiger partial charge < -0.3 is 21.2 Å². The predicted molar refractivity (Wildman–Crippen MR) is 72.6 cm³/mol. The predicted octanol–water partition coefficient (Wildman–Crippen LogP) is 1.53. The summed E-state index contributed by atoms with van der Waals surface area (Å²) in [5.74, 6) is 0.860. The first-order valence-electron chi connectivity index (χ1n) is 5.97. The zero-order valence-corrected chi connectivity index (χ0v) is 10.6. The number of nitrogens with two attached hydrogens (primary N) is 2. The normalized spacial score (nSPS) is 10.4. The molecule has 19 heavy (non-hydrogen) atoms. The molecule has 2 rings (SSSR count). The minimum atomic E-state index is -0.510. The van der Waals surface area contributed by atoms with Crippen LogP contribution in [0.25, 0.3) is 0 Å². The zero-order chi connectivity index (χ0) is 13.8. The van der Waals surface area contributed by atoms with Crippen LogP contribution in [0, 0.1) is 0 Å². The molecular weight excluding hydrogens is 244 g/mol. The van der Waals surface area contributed by atoms with E-state index in [0.717, 1.165) is 12.2 Å². The maximum absolute atomic E-state index is 11.3. The van der Waals surface area contributed by atoms with Gasteiger partial charge in [0.2, 0.25) is 5.89 Å². The Balaban J connectivity index is 2.14. The summed E-state index contributed by atoms with van der Waals surface area (Å²) in [6, 6.07) is 4.88. The Morgan fingerprint density at radius 2 is 2.26 bits per heavy atom. The highest BCUT2D eigenvalue weighted by atomic mass is 16.4. The van der Waals surface area contributed by atoms with Gasteiger partial charge in [-0.25, -0.2) is 4.98 Å². The Hall–Kier alpha value is -2.50. The second-order valence-electron chi connectivity index (χ2n) is 4.10. The first kappa shape index (κ1) is 12.9. The molecule has 0 aliphatic heterocycles. The lowest BCUT2D eigenvalue weighted by Crippen LogP contribution is -2.14. The summed E-state index contributed by atoms with van der Waals surface area (Å²) in [6.45, 7) is 2.35. The van der Waals surface area contributed by atoms with Crippen LogP contribution in [0.4, 0.5) is 11.4 Å². The fourth-order valence-corrected chi connectivity index (χ4v) is 1.69. The molecule has 2 aromatic rings. The summed E-state index contributed by atoms with van der Waals surface area (Å²) in [5.41, 5.74) is 12.5. The number of carbonyl (C=O) groups is 1. The molecule has 0 fully saturated rings. The lowest BCUT2D eigenvalue weighted by molar-refractivity contribution is 0.100. The monoisotopic (exact) mass is 260 g/mol. The Labute approximate surface area is 110 Å². The lowest BCUT2D eigenvalue weighted by Gasteiger charge is -2.09. The molecule has 5 N–H and O–H groups in total. The van der Waals surface area contributed by atoms with Crippen LogP contribution in [0.15, 0.2) is 28.8 Å². The van der Waals surface area contributed by atoms with E-state index in [4.69, 9.17) is 15.9 Å². The highest BCUT2D eigenvalue weighted by Gasteiger charge is 2.09. The van der Waals surface area contributed by atoms with Crippen molar-refractivity contribution in [1.29, 1.82) is 0 Å². The zero-order valence-electron chi connectivity index (χ0n) is 10.6. The van der Waals surface area contributed by atoms with Crippen LogP contribution in [0.2, 0.25) is 0 Å². The summed E-state index contributed by atoms with van der Waals surface area (Å²) < 4.78 is 5.46. The number of nitrogen functional groups attached to an aromatic ring is 1. The minimum Gasteiger partial charge on any atom is -0.444 e. The van der Waals surface area contributed by atoms with Crippen LogP contribution in [0.3, 0.4) is 0 Å². The first-order chi connectivity index (χ1) is 9.10. The lowest BCUT2D eigenvalue weighted by atomic mass is 10.1. The molecule has 0 atom stereocenters. The van der Waals surface area contributed by atoms with Gasteiger partial charge in [0.15, 0.2) is 0 Å². The van der Waals surface area contributed by atoms with Gasteiger partial charge >= 0.3 is 0 Å². The van der Waals surface area contributed by atoms with Crippen molar-refractivity contribution in [2.45, 2.75) is 19.9 Å². The van der Waals surface area contributed by atoms with E-state index in [1.54, 1.807) is 24.4 Å². The molecule has 0 saturated heterocycles. The molecule has 0 unspecified atom stereocenters. The molecular formula is C13H16N4O2. The number of rotatable bonds is 5. The highest BCUT2D eigenvalue weighted by Crippen LogP contribution is 2.19. The second-order valence-corrected chi connectivity index (χ2v) is 4.10. The number of primary amides is 1. The number of hydrogen-bond acceptors (Lipinski definition) is 5. The molecule has 0 radical (unpaired) electrons. The van der Waals surface area contributed by atoms with Crippen LogP contribution < -0.4 is 16.8 Å². The average Bonchev–Trinajstić information content (AvgIpc) is 2.84. The molecule has 1 aromatic heterocycles.